The number of amides is 1. The minimum Gasteiger partial charge on any atom is -0.496 e. The molecule has 1 aliphatic heterocycles. The Balaban J connectivity index is 1.81. The van der Waals surface area contributed by atoms with Crippen LogP contribution in [0.25, 0.3) is 0 Å². The van der Waals surface area contributed by atoms with Crippen LogP contribution in [0.15, 0.2) is 47.4 Å². The first kappa shape index (κ1) is 23.1. The van der Waals surface area contributed by atoms with Crippen molar-refractivity contribution in [3.05, 3.63) is 59.2 Å². The first-order valence-electron chi connectivity index (χ1n) is 9.75. The van der Waals surface area contributed by atoms with E-state index >= 15 is 0 Å². The largest absolute Gasteiger partial charge is 0.496 e. The fourth-order valence-corrected chi connectivity index (χ4v) is 4.96. The van der Waals surface area contributed by atoms with Gasteiger partial charge in [-0.15, -0.1) is 0 Å². The summed E-state index contributed by atoms with van der Waals surface area (Å²) in [5.74, 6) is -0.482. The molecule has 1 heterocycles. The lowest BCUT2D eigenvalue weighted by Gasteiger charge is -2.26. The third-order valence-corrected chi connectivity index (χ3v) is 6.97. The fourth-order valence-electron chi connectivity index (χ4n) is 3.41. The lowest BCUT2D eigenvalue weighted by atomic mass is 10.1. The van der Waals surface area contributed by atoms with Crippen molar-refractivity contribution in [2.45, 2.75) is 36.9 Å². The number of sulfonamides is 1. The number of hydrogen-bond donors (Lipinski definition) is 1. The van der Waals surface area contributed by atoms with Crippen molar-refractivity contribution >= 4 is 15.9 Å². The number of methoxy groups -OCH3 is 1. The third-order valence-electron chi connectivity index (χ3n) is 5.08. The number of piperidine rings is 1. The molecule has 0 unspecified atom stereocenters. The molecule has 6 nitrogen and oxygen atoms in total. The van der Waals surface area contributed by atoms with Crippen LogP contribution in [0.1, 0.15) is 40.7 Å². The molecule has 1 fully saturated rings. The molecule has 0 atom stereocenters. The number of halogens is 3. The molecule has 0 aromatic heterocycles. The van der Waals surface area contributed by atoms with Crippen molar-refractivity contribution in [1.29, 1.82) is 0 Å². The zero-order chi connectivity index (χ0) is 22.6. The normalized spacial score (nSPS) is 15.5. The lowest BCUT2D eigenvalue weighted by Crippen LogP contribution is -2.35. The fraction of sp³-hybridized carbons (Fsp3) is 0.381. The molecule has 1 N–H and O–H groups in total. The average molecular weight is 456 g/mol. The number of carbonyl (C=O) groups is 1. The first-order chi connectivity index (χ1) is 14.6. The van der Waals surface area contributed by atoms with Crippen LogP contribution in [0.3, 0.4) is 0 Å². The van der Waals surface area contributed by atoms with Crippen molar-refractivity contribution in [3.8, 4) is 5.75 Å². The van der Waals surface area contributed by atoms with Gasteiger partial charge in [-0.05, 0) is 48.7 Å². The number of alkyl halides is 3. The molecule has 31 heavy (non-hydrogen) atoms. The van der Waals surface area contributed by atoms with E-state index in [9.17, 15) is 26.4 Å². The number of carbonyl (C=O) groups excluding carboxylic acids is 1. The first-order valence-corrected chi connectivity index (χ1v) is 11.2. The summed E-state index contributed by atoms with van der Waals surface area (Å²) in [6.07, 6.45) is -1.96. The minimum atomic E-state index is -4.49. The molecule has 3 rings (SSSR count). The third kappa shape index (κ3) is 5.37. The smallest absolute Gasteiger partial charge is 0.416 e. The second kappa shape index (κ2) is 9.27. The standard InChI is InChI=1S/C21H23F3N2O4S/c1-30-19-9-8-17(31(28,29)26-10-3-2-4-11-26)13-18(19)20(27)25-14-15-6-5-7-16(12-15)21(22,23)24/h5-9,12-13H,2-4,10-11,14H2,1H3,(H,25,27). The summed E-state index contributed by atoms with van der Waals surface area (Å²) in [7, 11) is -2.41. The second-order valence-corrected chi connectivity index (χ2v) is 9.15. The van der Waals surface area contributed by atoms with Gasteiger partial charge in [0.2, 0.25) is 10.0 Å². The van der Waals surface area contributed by atoms with Crippen molar-refractivity contribution < 1.29 is 31.1 Å². The van der Waals surface area contributed by atoms with Gasteiger partial charge in [0, 0.05) is 19.6 Å². The van der Waals surface area contributed by atoms with Gasteiger partial charge in [0.25, 0.3) is 5.91 Å². The molecule has 168 valence electrons. The topological polar surface area (TPSA) is 75.7 Å². The molecule has 1 amide bonds. The van der Waals surface area contributed by atoms with E-state index in [0.29, 0.717) is 13.1 Å². The summed E-state index contributed by atoms with van der Waals surface area (Å²) in [5.41, 5.74) is -0.557. The van der Waals surface area contributed by atoms with E-state index in [0.717, 1.165) is 31.4 Å². The summed E-state index contributed by atoms with van der Waals surface area (Å²) in [6.45, 7) is 0.686. The summed E-state index contributed by atoms with van der Waals surface area (Å²) in [4.78, 5) is 12.7. The van der Waals surface area contributed by atoms with Crippen molar-refractivity contribution in [2.24, 2.45) is 0 Å². The summed E-state index contributed by atoms with van der Waals surface area (Å²) >= 11 is 0. The Morgan fingerprint density at radius 2 is 1.81 bits per heavy atom. The predicted molar refractivity (Wildman–Crippen MR) is 108 cm³/mol. The zero-order valence-corrected chi connectivity index (χ0v) is 17.7. The number of benzene rings is 2. The molecule has 0 spiro atoms. The Bertz CT molecular complexity index is 1050. The van der Waals surface area contributed by atoms with Gasteiger partial charge in [-0.25, -0.2) is 8.42 Å². The monoisotopic (exact) mass is 456 g/mol. The summed E-state index contributed by atoms with van der Waals surface area (Å²) < 4.78 is 71.0. The van der Waals surface area contributed by atoms with Gasteiger partial charge in [0.1, 0.15) is 5.75 Å². The molecule has 0 aliphatic carbocycles. The molecule has 10 heteroatoms. The number of hydrogen-bond acceptors (Lipinski definition) is 4. The maximum absolute atomic E-state index is 12.9. The van der Waals surface area contributed by atoms with E-state index in [1.807, 2.05) is 0 Å². The summed E-state index contributed by atoms with van der Waals surface area (Å²) in [5, 5.41) is 2.53. The quantitative estimate of drug-likeness (QED) is 0.717. The zero-order valence-electron chi connectivity index (χ0n) is 16.9. The van der Waals surface area contributed by atoms with Crippen LogP contribution in [0.2, 0.25) is 0 Å². The Morgan fingerprint density at radius 1 is 1.10 bits per heavy atom. The van der Waals surface area contributed by atoms with Gasteiger partial charge in [-0.3, -0.25) is 4.79 Å². The molecular weight excluding hydrogens is 433 g/mol. The highest BCUT2D eigenvalue weighted by molar-refractivity contribution is 7.89. The molecule has 1 aliphatic rings. The van der Waals surface area contributed by atoms with Crippen LogP contribution in [0.5, 0.6) is 5.75 Å². The molecule has 2 aromatic rings. The van der Waals surface area contributed by atoms with Crippen LogP contribution < -0.4 is 10.1 Å². The van der Waals surface area contributed by atoms with Crippen LogP contribution in [-0.4, -0.2) is 38.8 Å². The molecule has 0 bridgehead atoms. The van der Waals surface area contributed by atoms with E-state index in [-0.39, 0.29) is 28.3 Å². The Kier molecular flexibility index (Phi) is 6.90. The van der Waals surface area contributed by atoms with Crippen LogP contribution in [0, 0.1) is 0 Å². The summed E-state index contributed by atoms with van der Waals surface area (Å²) in [6, 6.07) is 8.64. The average Bonchev–Trinajstić information content (AvgIpc) is 2.77. The van der Waals surface area contributed by atoms with Crippen LogP contribution in [0.4, 0.5) is 13.2 Å². The molecule has 0 saturated carbocycles. The number of nitrogens with one attached hydrogen (secondary N) is 1. The Hall–Kier alpha value is -2.59. The molecule has 0 radical (unpaired) electrons. The van der Waals surface area contributed by atoms with Gasteiger partial charge >= 0.3 is 6.18 Å². The van der Waals surface area contributed by atoms with Gasteiger partial charge < -0.3 is 10.1 Å². The second-order valence-electron chi connectivity index (χ2n) is 7.21. The highest BCUT2D eigenvalue weighted by Crippen LogP contribution is 2.30. The van der Waals surface area contributed by atoms with E-state index < -0.39 is 27.7 Å². The highest BCUT2D eigenvalue weighted by Gasteiger charge is 2.30. The molecule has 2 aromatic carbocycles. The van der Waals surface area contributed by atoms with Crippen molar-refractivity contribution in [2.75, 3.05) is 20.2 Å². The number of ether oxygens (including phenoxy) is 1. The maximum Gasteiger partial charge on any atom is 0.416 e. The van der Waals surface area contributed by atoms with E-state index in [2.05, 4.69) is 5.32 Å². The molecule has 1 saturated heterocycles. The van der Waals surface area contributed by atoms with Gasteiger partial charge in [0.15, 0.2) is 0 Å². The van der Waals surface area contributed by atoms with E-state index in [1.165, 1.54) is 41.7 Å². The molecular formula is C21H23F3N2O4S. The van der Waals surface area contributed by atoms with E-state index in [4.69, 9.17) is 4.74 Å². The van der Waals surface area contributed by atoms with Crippen molar-refractivity contribution in [1.82, 2.24) is 9.62 Å². The van der Waals surface area contributed by atoms with Crippen molar-refractivity contribution in [3.63, 3.8) is 0 Å². The maximum atomic E-state index is 12.9. The lowest BCUT2D eigenvalue weighted by molar-refractivity contribution is -0.137. The van der Waals surface area contributed by atoms with E-state index in [1.54, 1.807) is 0 Å². The van der Waals surface area contributed by atoms with Gasteiger partial charge in [-0.2, -0.15) is 17.5 Å². The van der Waals surface area contributed by atoms with Gasteiger partial charge in [-0.1, -0.05) is 18.6 Å². The Labute approximate surface area is 179 Å². The SMILES string of the molecule is COc1ccc(S(=O)(=O)N2CCCCC2)cc1C(=O)NCc1cccc(C(F)(F)F)c1. The van der Waals surface area contributed by atoms with Gasteiger partial charge in [0.05, 0.1) is 23.1 Å². The van der Waals surface area contributed by atoms with Crippen LogP contribution >= 0.6 is 0 Å². The number of nitrogens with zero attached hydrogens (tertiary/aromatic N) is 1. The predicted octanol–water partition coefficient (Wildman–Crippen LogP) is 3.82. The highest BCUT2D eigenvalue weighted by atomic mass is 32.2. The van der Waals surface area contributed by atoms with Crippen LogP contribution in [-0.2, 0) is 22.7 Å². The minimum absolute atomic E-state index is 0.00689. The number of rotatable bonds is 6. The Morgan fingerprint density at radius 3 is 2.45 bits per heavy atom.